The molecule has 1 amide bonds. The molecule has 0 heterocycles. The van der Waals surface area contributed by atoms with Gasteiger partial charge in [-0.05, 0) is 31.2 Å². The second kappa shape index (κ2) is 6.28. The standard InChI is InChI=1S/C13H20N2O/c1-4-13(16)15-12-8-6-11(7-9-12)10(3)14-5-2/h6-10,14H,4-5H2,1-3H3,(H,15,16). The van der Waals surface area contributed by atoms with E-state index in [4.69, 9.17) is 0 Å². The Morgan fingerprint density at radius 2 is 1.88 bits per heavy atom. The van der Waals surface area contributed by atoms with Gasteiger partial charge in [0, 0.05) is 18.2 Å². The molecule has 0 aromatic heterocycles. The molecule has 2 N–H and O–H groups in total. The number of hydrogen-bond acceptors (Lipinski definition) is 2. The zero-order valence-corrected chi connectivity index (χ0v) is 10.2. The average molecular weight is 220 g/mol. The van der Waals surface area contributed by atoms with Crippen LogP contribution in [-0.2, 0) is 4.79 Å². The molecule has 1 rings (SSSR count). The van der Waals surface area contributed by atoms with E-state index in [2.05, 4.69) is 24.5 Å². The molecule has 0 bridgehead atoms. The van der Waals surface area contributed by atoms with Crippen LogP contribution in [0.25, 0.3) is 0 Å². The highest BCUT2D eigenvalue weighted by Crippen LogP contribution is 2.15. The number of amides is 1. The first-order valence-electron chi connectivity index (χ1n) is 5.80. The third-order valence-corrected chi connectivity index (χ3v) is 2.53. The zero-order valence-electron chi connectivity index (χ0n) is 10.2. The van der Waals surface area contributed by atoms with Gasteiger partial charge in [-0.3, -0.25) is 4.79 Å². The lowest BCUT2D eigenvalue weighted by atomic mass is 10.1. The van der Waals surface area contributed by atoms with E-state index in [0.717, 1.165) is 12.2 Å². The Morgan fingerprint density at radius 3 is 2.38 bits per heavy atom. The van der Waals surface area contributed by atoms with E-state index in [1.807, 2.05) is 31.2 Å². The lowest BCUT2D eigenvalue weighted by Gasteiger charge is -2.13. The lowest BCUT2D eigenvalue weighted by molar-refractivity contribution is -0.115. The van der Waals surface area contributed by atoms with Gasteiger partial charge in [0.2, 0.25) is 5.91 Å². The zero-order chi connectivity index (χ0) is 12.0. The van der Waals surface area contributed by atoms with E-state index in [-0.39, 0.29) is 5.91 Å². The van der Waals surface area contributed by atoms with Gasteiger partial charge in [0.25, 0.3) is 0 Å². The van der Waals surface area contributed by atoms with Crippen molar-refractivity contribution in [3.63, 3.8) is 0 Å². The summed E-state index contributed by atoms with van der Waals surface area (Å²) in [5, 5.41) is 6.18. The van der Waals surface area contributed by atoms with Crippen molar-refractivity contribution in [1.82, 2.24) is 5.32 Å². The van der Waals surface area contributed by atoms with Crippen molar-refractivity contribution in [2.24, 2.45) is 0 Å². The van der Waals surface area contributed by atoms with E-state index >= 15 is 0 Å². The molecule has 3 nitrogen and oxygen atoms in total. The fourth-order valence-corrected chi connectivity index (χ4v) is 1.53. The smallest absolute Gasteiger partial charge is 0.224 e. The highest BCUT2D eigenvalue weighted by molar-refractivity contribution is 5.90. The molecule has 0 radical (unpaired) electrons. The minimum Gasteiger partial charge on any atom is -0.326 e. The highest BCUT2D eigenvalue weighted by atomic mass is 16.1. The fourth-order valence-electron chi connectivity index (χ4n) is 1.53. The van der Waals surface area contributed by atoms with Crippen molar-refractivity contribution < 1.29 is 4.79 Å². The monoisotopic (exact) mass is 220 g/mol. The van der Waals surface area contributed by atoms with Gasteiger partial charge in [0.05, 0.1) is 0 Å². The quantitative estimate of drug-likeness (QED) is 0.801. The Kier molecular flexibility index (Phi) is 4.99. The molecule has 1 atom stereocenters. The normalized spacial score (nSPS) is 12.2. The van der Waals surface area contributed by atoms with Crippen LogP contribution in [0.15, 0.2) is 24.3 Å². The number of rotatable bonds is 5. The molecule has 0 saturated heterocycles. The predicted molar refractivity (Wildman–Crippen MR) is 67.5 cm³/mol. The summed E-state index contributed by atoms with van der Waals surface area (Å²) < 4.78 is 0. The first kappa shape index (κ1) is 12.7. The molecule has 88 valence electrons. The molecule has 16 heavy (non-hydrogen) atoms. The Hall–Kier alpha value is -1.35. The molecule has 0 saturated carbocycles. The van der Waals surface area contributed by atoms with Crippen LogP contribution in [0.4, 0.5) is 5.69 Å². The summed E-state index contributed by atoms with van der Waals surface area (Å²) in [5.41, 5.74) is 2.09. The van der Waals surface area contributed by atoms with Gasteiger partial charge < -0.3 is 10.6 Å². The number of hydrogen-bond donors (Lipinski definition) is 2. The predicted octanol–water partition coefficient (Wildman–Crippen LogP) is 2.71. The SMILES string of the molecule is CCNC(C)c1ccc(NC(=O)CC)cc1. The van der Waals surface area contributed by atoms with Gasteiger partial charge in [-0.25, -0.2) is 0 Å². The molecule has 0 aliphatic carbocycles. The molecule has 1 unspecified atom stereocenters. The number of carbonyl (C=O) groups excluding carboxylic acids is 1. The van der Waals surface area contributed by atoms with E-state index in [1.54, 1.807) is 0 Å². The van der Waals surface area contributed by atoms with Crippen LogP contribution in [0, 0.1) is 0 Å². The topological polar surface area (TPSA) is 41.1 Å². The summed E-state index contributed by atoms with van der Waals surface area (Å²) in [7, 11) is 0. The van der Waals surface area contributed by atoms with Crippen molar-refractivity contribution in [2.45, 2.75) is 33.2 Å². The number of carbonyl (C=O) groups is 1. The maximum Gasteiger partial charge on any atom is 0.224 e. The second-order valence-corrected chi connectivity index (χ2v) is 3.80. The molecule has 0 aliphatic rings. The fraction of sp³-hybridized carbons (Fsp3) is 0.462. The molecular formula is C13H20N2O. The van der Waals surface area contributed by atoms with Gasteiger partial charge in [0.15, 0.2) is 0 Å². The largest absolute Gasteiger partial charge is 0.326 e. The van der Waals surface area contributed by atoms with Gasteiger partial charge >= 0.3 is 0 Å². The summed E-state index contributed by atoms with van der Waals surface area (Å²) in [6, 6.07) is 8.31. The molecular weight excluding hydrogens is 200 g/mol. The van der Waals surface area contributed by atoms with Gasteiger partial charge in [-0.15, -0.1) is 0 Å². The summed E-state index contributed by atoms with van der Waals surface area (Å²) in [4.78, 5) is 11.2. The molecule has 1 aromatic carbocycles. The minimum absolute atomic E-state index is 0.0486. The van der Waals surface area contributed by atoms with Gasteiger partial charge in [0.1, 0.15) is 0 Å². The van der Waals surface area contributed by atoms with Crippen LogP contribution in [0.5, 0.6) is 0 Å². The Balaban J connectivity index is 2.64. The second-order valence-electron chi connectivity index (χ2n) is 3.80. The Labute approximate surface area is 97.2 Å². The van der Waals surface area contributed by atoms with E-state index < -0.39 is 0 Å². The lowest BCUT2D eigenvalue weighted by Crippen LogP contribution is -2.17. The molecule has 0 fully saturated rings. The van der Waals surface area contributed by atoms with Crippen LogP contribution in [-0.4, -0.2) is 12.5 Å². The van der Waals surface area contributed by atoms with E-state index in [0.29, 0.717) is 12.5 Å². The average Bonchev–Trinajstić information content (AvgIpc) is 2.30. The minimum atomic E-state index is 0.0486. The first-order valence-corrected chi connectivity index (χ1v) is 5.80. The van der Waals surface area contributed by atoms with Crippen molar-refractivity contribution in [3.8, 4) is 0 Å². The molecule has 0 aliphatic heterocycles. The maximum atomic E-state index is 11.2. The first-order chi connectivity index (χ1) is 7.67. The van der Waals surface area contributed by atoms with Crippen LogP contribution in [0.3, 0.4) is 0 Å². The van der Waals surface area contributed by atoms with Crippen LogP contribution < -0.4 is 10.6 Å². The summed E-state index contributed by atoms with van der Waals surface area (Å²) in [6.07, 6.45) is 0.509. The van der Waals surface area contributed by atoms with Crippen molar-refractivity contribution in [1.29, 1.82) is 0 Å². The number of nitrogens with one attached hydrogen (secondary N) is 2. The summed E-state index contributed by atoms with van der Waals surface area (Å²) in [6.45, 7) is 7.02. The molecule has 3 heteroatoms. The van der Waals surface area contributed by atoms with Crippen LogP contribution in [0.1, 0.15) is 38.8 Å². The Morgan fingerprint density at radius 1 is 1.25 bits per heavy atom. The summed E-state index contributed by atoms with van der Waals surface area (Å²) in [5.74, 6) is 0.0486. The number of anilines is 1. The summed E-state index contributed by atoms with van der Waals surface area (Å²) >= 11 is 0. The van der Waals surface area contributed by atoms with Crippen molar-refractivity contribution in [3.05, 3.63) is 29.8 Å². The van der Waals surface area contributed by atoms with Gasteiger partial charge in [-0.1, -0.05) is 26.0 Å². The number of benzene rings is 1. The highest BCUT2D eigenvalue weighted by Gasteiger charge is 2.03. The van der Waals surface area contributed by atoms with E-state index in [9.17, 15) is 4.79 Å². The molecule has 1 aromatic rings. The third-order valence-electron chi connectivity index (χ3n) is 2.53. The van der Waals surface area contributed by atoms with Crippen molar-refractivity contribution >= 4 is 11.6 Å². The van der Waals surface area contributed by atoms with E-state index in [1.165, 1.54) is 5.56 Å². The maximum absolute atomic E-state index is 11.2. The Bertz CT molecular complexity index is 332. The van der Waals surface area contributed by atoms with Crippen molar-refractivity contribution in [2.75, 3.05) is 11.9 Å². The van der Waals surface area contributed by atoms with Crippen LogP contribution >= 0.6 is 0 Å². The molecule has 0 spiro atoms. The third kappa shape index (κ3) is 3.66. The van der Waals surface area contributed by atoms with Gasteiger partial charge in [-0.2, -0.15) is 0 Å². The van der Waals surface area contributed by atoms with Crippen LogP contribution in [0.2, 0.25) is 0 Å².